The molecule has 0 bridgehead atoms. The maximum absolute atomic E-state index is 14.0. The fourth-order valence-electron chi connectivity index (χ4n) is 6.24. The van der Waals surface area contributed by atoms with E-state index in [1.807, 2.05) is 19.2 Å². The summed E-state index contributed by atoms with van der Waals surface area (Å²) in [5.74, 6) is -0.331. The third-order valence-corrected chi connectivity index (χ3v) is 10.1. The van der Waals surface area contributed by atoms with Crippen molar-refractivity contribution in [3.63, 3.8) is 0 Å². The lowest BCUT2D eigenvalue weighted by Gasteiger charge is -2.52. The van der Waals surface area contributed by atoms with E-state index in [-0.39, 0.29) is 35.3 Å². The fourth-order valence-corrected chi connectivity index (χ4v) is 7.75. The molecule has 2 heterocycles. The molecule has 39 heavy (non-hydrogen) atoms. The zero-order valence-electron chi connectivity index (χ0n) is 23.0. The molecular formula is C30H37FN4O3S. The van der Waals surface area contributed by atoms with Crippen molar-refractivity contribution in [2.75, 3.05) is 33.3 Å². The van der Waals surface area contributed by atoms with Crippen LogP contribution in [0, 0.1) is 11.2 Å². The van der Waals surface area contributed by atoms with Crippen LogP contribution < -0.4 is 0 Å². The Labute approximate surface area is 230 Å². The van der Waals surface area contributed by atoms with Gasteiger partial charge in [0.15, 0.2) is 0 Å². The Morgan fingerprint density at radius 1 is 1.15 bits per heavy atom. The maximum atomic E-state index is 14.0. The van der Waals surface area contributed by atoms with Gasteiger partial charge in [-0.1, -0.05) is 50.6 Å². The van der Waals surface area contributed by atoms with Gasteiger partial charge in [-0.25, -0.2) is 12.8 Å². The van der Waals surface area contributed by atoms with Gasteiger partial charge in [0.25, 0.3) is 0 Å². The van der Waals surface area contributed by atoms with Crippen molar-refractivity contribution < 1.29 is 17.9 Å². The number of likely N-dealkylation sites (N-methyl/N-ethyl adjacent to an activating group) is 1. The molecule has 5 rings (SSSR count). The topological polar surface area (TPSA) is 89.5 Å². The average Bonchev–Trinajstić information content (AvgIpc) is 3.34. The van der Waals surface area contributed by atoms with Crippen molar-refractivity contribution in [3.05, 3.63) is 88.5 Å². The summed E-state index contributed by atoms with van der Waals surface area (Å²) in [5, 5.41) is 17.2. The molecule has 2 aromatic carbocycles. The van der Waals surface area contributed by atoms with Crippen LogP contribution in [-0.4, -0.2) is 66.2 Å². The van der Waals surface area contributed by atoms with Gasteiger partial charge < -0.3 is 5.11 Å². The number of piperidine rings is 1. The molecule has 7 nitrogen and oxygen atoms in total. The van der Waals surface area contributed by atoms with Crippen molar-refractivity contribution in [1.29, 1.82) is 0 Å². The third kappa shape index (κ3) is 5.09. The maximum Gasteiger partial charge on any atom is 0.243 e. The quantitative estimate of drug-likeness (QED) is 0.450. The van der Waals surface area contributed by atoms with E-state index in [1.54, 1.807) is 34.8 Å². The van der Waals surface area contributed by atoms with E-state index < -0.39 is 15.4 Å². The van der Waals surface area contributed by atoms with Gasteiger partial charge in [0.1, 0.15) is 5.82 Å². The Hall–Kier alpha value is -2.85. The fraction of sp³-hybridized carbons (Fsp3) is 0.433. The summed E-state index contributed by atoms with van der Waals surface area (Å²) >= 11 is 0. The second kappa shape index (κ2) is 10.3. The number of aromatic amines is 1. The minimum atomic E-state index is -3.78. The van der Waals surface area contributed by atoms with Crippen LogP contribution in [-0.2, 0) is 21.9 Å². The summed E-state index contributed by atoms with van der Waals surface area (Å²) in [6, 6.07) is 13.3. The van der Waals surface area contributed by atoms with Gasteiger partial charge in [0.05, 0.1) is 23.4 Å². The number of aromatic nitrogens is 2. The predicted octanol–water partition coefficient (Wildman–Crippen LogP) is 4.53. The Morgan fingerprint density at radius 3 is 2.49 bits per heavy atom. The van der Waals surface area contributed by atoms with Crippen LogP contribution in [0.4, 0.5) is 4.39 Å². The van der Waals surface area contributed by atoms with Crippen molar-refractivity contribution in [2.45, 2.75) is 50.0 Å². The summed E-state index contributed by atoms with van der Waals surface area (Å²) in [5.41, 5.74) is 4.31. The zero-order valence-corrected chi connectivity index (χ0v) is 23.8. The molecule has 2 atom stereocenters. The minimum Gasteiger partial charge on any atom is -0.395 e. The molecule has 0 spiro atoms. The molecule has 3 aromatic rings. The number of halogens is 1. The van der Waals surface area contributed by atoms with E-state index in [2.05, 4.69) is 41.9 Å². The highest BCUT2D eigenvalue weighted by Crippen LogP contribution is 2.53. The molecule has 0 radical (unpaired) electrons. The van der Waals surface area contributed by atoms with Crippen LogP contribution in [0.5, 0.6) is 0 Å². The summed E-state index contributed by atoms with van der Waals surface area (Å²) in [7, 11) is -1.85. The number of nitrogens with zero attached hydrogens (tertiary/aromatic N) is 3. The van der Waals surface area contributed by atoms with Crippen LogP contribution in [0.15, 0.2) is 65.2 Å². The van der Waals surface area contributed by atoms with E-state index >= 15 is 0 Å². The molecule has 1 fully saturated rings. The summed E-state index contributed by atoms with van der Waals surface area (Å²) in [6.07, 6.45) is 5.04. The second-order valence-corrected chi connectivity index (χ2v) is 13.8. The number of benzene rings is 2. The molecule has 208 valence electrons. The number of sulfonamides is 1. The largest absolute Gasteiger partial charge is 0.395 e. The Balaban J connectivity index is 1.61. The number of aliphatic hydroxyl groups excluding tert-OH is 1. The molecule has 9 heteroatoms. The van der Waals surface area contributed by atoms with Gasteiger partial charge in [0.2, 0.25) is 10.0 Å². The van der Waals surface area contributed by atoms with Gasteiger partial charge in [-0.05, 0) is 72.3 Å². The molecule has 0 saturated carbocycles. The Bertz CT molecular complexity index is 1460. The zero-order chi connectivity index (χ0) is 28.0. The summed E-state index contributed by atoms with van der Waals surface area (Å²) < 4.78 is 43.7. The highest BCUT2D eigenvalue weighted by molar-refractivity contribution is 7.89. The van der Waals surface area contributed by atoms with Crippen LogP contribution in [0.1, 0.15) is 55.6 Å². The number of nitrogens with one attached hydrogen (secondary N) is 1. The molecule has 2 aliphatic rings. The number of hydrogen-bond donors (Lipinski definition) is 2. The van der Waals surface area contributed by atoms with Gasteiger partial charge in [-0.3, -0.25) is 10.00 Å². The molecule has 1 saturated heterocycles. The minimum absolute atomic E-state index is 0.0532. The van der Waals surface area contributed by atoms with E-state index in [0.717, 1.165) is 28.0 Å². The van der Waals surface area contributed by atoms with Gasteiger partial charge in [-0.2, -0.15) is 9.40 Å². The lowest BCUT2D eigenvalue weighted by molar-refractivity contribution is 0.0607. The smallest absolute Gasteiger partial charge is 0.243 e. The van der Waals surface area contributed by atoms with E-state index in [0.29, 0.717) is 25.9 Å². The highest BCUT2D eigenvalue weighted by atomic mass is 32.2. The lowest BCUT2D eigenvalue weighted by Crippen LogP contribution is -2.55. The number of fused-ring (bicyclic) bond motifs is 2. The molecule has 1 aromatic heterocycles. The van der Waals surface area contributed by atoms with Crippen LogP contribution in [0.25, 0.3) is 6.08 Å². The average molecular weight is 553 g/mol. The first-order valence-corrected chi connectivity index (χ1v) is 14.8. The van der Waals surface area contributed by atoms with Crippen molar-refractivity contribution in [3.8, 4) is 0 Å². The second-order valence-electron chi connectivity index (χ2n) is 11.8. The van der Waals surface area contributed by atoms with Crippen LogP contribution in [0.3, 0.4) is 0 Å². The summed E-state index contributed by atoms with van der Waals surface area (Å²) in [4.78, 5) is 2.33. The number of hydrogen-bond acceptors (Lipinski definition) is 5. The predicted molar refractivity (Wildman–Crippen MR) is 150 cm³/mol. The van der Waals surface area contributed by atoms with Crippen molar-refractivity contribution >= 4 is 16.1 Å². The number of rotatable bonds is 7. The van der Waals surface area contributed by atoms with Gasteiger partial charge in [-0.15, -0.1) is 0 Å². The van der Waals surface area contributed by atoms with Crippen molar-refractivity contribution in [2.24, 2.45) is 5.41 Å². The first kappa shape index (κ1) is 27.7. The Morgan fingerprint density at radius 2 is 1.85 bits per heavy atom. The summed E-state index contributed by atoms with van der Waals surface area (Å²) in [6.45, 7) is 7.25. The first-order valence-electron chi connectivity index (χ1n) is 13.4. The molecule has 1 unspecified atom stereocenters. The Kier molecular flexibility index (Phi) is 7.30. The molecular weight excluding hydrogens is 515 g/mol. The molecule has 0 amide bonds. The standard InChI is InChI=1S/C30H37FN4O3S/c1-29(2,3)23-7-11-26(12-8-23)39(37,38)35-14-13-24-17-27-22(19-32-33-27)18-30(24,20-35)28(34(4)15-16-36)21-5-9-25(31)10-6-21/h5-12,17,19,28,36H,13-16,18,20H2,1-4H3,(H,32,33)/t28-,30?/m0/s1. The molecule has 2 N–H and O–H groups in total. The SMILES string of the molecule is CN(CCO)[C@@H](c1ccc(F)cc1)C12Cc3cn[nH]c3C=C1CCN(S(=O)(=O)c1ccc(C(C)(C)C)cc1)C2. The van der Waals surface area contributed by atoms with E-state index in [9.17, 15) is 17.9 Å². The van der Waals surface area contributed by atoms with E-state index in [4.69, 9.17) is 0 Å². The first-order chi connectivity index (χ1) is 18.5. The third-order valence-electron chi connectivity index (χ3n) is 8.27. The number of H-pyrrole nitrogens is 1. The normalized spacial score (nSPS) is 20.8. The van der Waals surface area contributed by atoms with Crippen LogP contribution in [0.2, 0.25) is 0 Å². The monoisotopic (exact) mass is 552 g/mol. The van der Waals surface area contributed by atoms with Gasteiger partial charge in [0, 0.05) is 31.1 Å². The van der Waals surface area contributed by atoms with Gasteiger partial charge >= 0.3 is 0 Å². The van der Waals surface area contributed by atoms with Crippen molar-refractivity contribution in [1.82, 2.24) is 19.4 Å². The van der Waals surface area contributed by atoms with E-state index in [1.165, 1.54) is 12.1 Å². The lowest BCUT2D eigenvalue weighted by atomic mass is 9.62. The van der Waals surface area contributed by atoms with Crippen LogP contribution >= 0.6 is 0 Å². The highest BCUT2D eigenvalue weighted by Gasteiger charge is 2.51. The molecule has 1 aliphatic heterocycles. The molecule has 1 aliphatic carbocycles. The number of aliphatic hydroxyl groups is 1.